The molecule has 0 aliphatic heterocycles. The predicted molar refractivity (Wildman–Crippen MR) is 94.7 cm³/mol. The van der Waals surface area contributed by atoms with Gasteiger partial charge < -0.3 is 14.5 Å². The molecule has 0 fully saturated rings. The lowest BCUT2D eigenvalue weighted by molar-refractivity contribution is -0.137. The van der Waals surface area contributed by atoms with Crippen LogP contribution in [-0.4, -0.2) is 34.6 Å². The lowest BCUT2D eigenvalue weighted by Gasteiger charge is -2.23. The molecule has 8 heteroatoms. The highest BCUT2D eigenvalue weighted by atomic mass is 31.2. The first-order valence-electron chi connectivity index (χ1n) is 7.98. The summed E-state index contributed by atoms with van der Waals surface area (Å²) < 4.78 is 43.9. The number of ether oxygens (including phenoxy) is 1. The summed E-state index contributed by atoms with van der Waals surface area (Å²) in [5, 5.41) is 0. The molecule has 0 saturated heterocycles. The molecule has 0 heterocycles. The average Bonchev–Trinajstić information content (AvgIpc) is 2.58. The van der Waals surface area contributed by atoms with Gasteiger partial charge in [0.25, 0.3) is 0 Å². The average molecular weight is 387 g/mol. The number of hydrogen-bond acceptors (Lipinski definition) is 4. The zero-order valence-electron chi connectivity index (χ0n) is 14.2. The summed E-state index contributed by atoms with van der Waals surface area (Å²) in [5.41, 5.74) is 0.177. The third-order valence-corrected chi connectivity index (χ3v) is 4.51. The zero-order valence-corrected chi connectivity index (χ0v) is 15.1. The molecule has 4 nitrogen and oxygen atoms in total. The van der Waals surface area contributed by atoms with Crippen LogP contribution in [0, 0.1) is 0 Å². The van der Waals surface area contributed by atoms with Gasteiger partial charge in [-0.05, 0) is 36.9 Å². The molecule has 0 bridgehead atoms. The molecular weight excluding hydrogens is 366 g/mol. The van der Waals surface area contributed by atoms with Gasteiger partial charge in [0.1, 0.15) is 11.9 Å². The molecule has 2 aromatic carbocycles. The van der Waals surface area contributed by atoms with Gasteiger partial charge in [-0.2, -0.15) is 13.2 Å². The largest absolute Gasteiger partial charge is 0.486 e. The van der Waals surface area contributed by atoms with E-state index in [4.69, 9.17) is 14.5 Å². The van der Waals surface area contributed by atoms with Crippen molar-refractivity contribution in [1.29, 1.82) is 0 Å². The van der Waals surface area contributed by atoms with Gasteiger partial charge in [0.2, 0.25) is 0 Å². The smallest absolute Gasteiger partial charge is 0.416 e. The van der Waals surface area contributed by atoms with E-state index in [-0.39, 0.29) is 12.4 Å². The Balaban J connectivity index is 2.09. The number of halogens is 3. The Hall–Kier alpha value is -1.66. The Morgan fingerprint density at radius 3 is 2.19 bits per heavy atom. The lowest BCUT2D eigenvalue weighted by atomic mass is 10.1. The normalized spacial score (nSPS) is 13.2. The van der Waals surface area contributed by atoms with Gasteiger partial charge in [-0.25, -0.2) is 0 Å². The van der Waals surface area contributed by atoms with Crippen molar-refractivity contribution in [2.24, 2.45) is 0 Å². The van der Waals surface area contributed by atoms with E-state index in [0.717, 1.165) is 17.7 Å². The first-order valence-corrected chi connectivity index (χ1v) is 9.41. The van der Waals surface area contributed by atoms with Crippen molar-refractivity contribution in [3.63, 3.8) is 0 Å². The summed E-state index contributed by atoms with van der Waals surface area (Å²) >= 11 is 0. The van der Waals surface area contributed by atoms with Crippen LogP contribution in [-0.2, 0) is 6.18 Å². The van der Waals surface area contributed by atoms with Crippen molar-refractivity contribution >= 4 is 8.38 Å². The molecule has 1 atom stereocenters. The summed E-state index contributed by atoms with van der Waals surface area (Å²) in [7, 11) is -0.244. The minimum absolute atomic E-state index is 0.164. The van der Waals surface area contributed by atoms with Gasteiger partial charge >= 0.3 is 6.18 Å². The van der Waals surface area contributed by atoms with Crippen LogP contribution in [0.4, 0.5) is 13.2 Å². The molecule has 0 spiro atoms. The standard InChI is InChI=1S/C18H21F3NO3P/c1-22(13-26(23)24)12-11-17(14-5-3-2-4-6-14)25-16-9-7-15(8-10-16)18(19,20)21/h2-10,17,23-24H,11-13H2,1H3. The van der Waals surface area contributed by atoms with Crippen molar-refractivity contribution in [2.75, 3.05) is 19.9 Å². The molecular formula is C18H21F3NO3P. The van der Waals surface area contributed by atoms with Crippen molar-refractivity contribution in [1.82, 2.24) is 4.90 Å². The van der Waals surface area contributed by atoms with Crippen molar-refractivity contribution < 1.29 is 27.7 Å². The highest BCUT2D eigenvalue weighted by Crippen LogP contribution is 2.32. The van der Waals surface area contributed by atoms with Crippen LogP contribution >= 0.6 is 8.38 Å². The van der Waals surface area contributed by atoms with Gasteiger partial charge in [0, 0.05) is 13.0 Å². The topological polar surface area (TPSA) is 52.9 Å². The van der Waals surface area contributed by atoms with Crippen LogP contribution in [0.15, 0.2) is 54.6 Å². The van der Waals surface area contributed by atoms with E-state index < -0.39 is 20.1 Å². The summed E-state index contributed by atoms with van der Waals surface area (Å²) in [6, 6.07) is 14.0. The van der Waals surface area contributed by atoms with Crippen LogP contribution in [0.3, 0.4) is 0 Å². The van der Waals surface area contributed by atoms with Crippen LogP contribution in [0.1, 0.15) is 23.7 Å². The van der Waals surface area contributed by atoms with E-state index in [1.807, 2.05) is 30.3 Å². The highest BCUT2D eigenvalue weighted by Gasteiger charge is 2.30. The molecule has 0 aliphatic rings. The van der Waals surface area contributed by atoms with Crippen molar-refractivity contribution in [2.45, 2.75) is 18.7 Å². The molecule has 26 heavy (non-hydrogen) atoms. The Labute approximate surface area is 151 Å². The predicted octanol–water partition coefficient (Wildman–Crippen LogP) is 4.40. The van der Waals surface area contributed by atoms with Crippen LogP contribution in [0.25, 0.3) is 0 Å². The van der Waals surface area contributed by atoms with E-state index >= 15 is 0 Å². The quantitative estimate of drug-likeness (QED) is 0.660. The van der Waals surface area contributed by atoms with Crippen molar-refractivity contribution in [3.8, 4) is 5.75 Å². The summed E-state index contributed by atoms with van der Waals surface area (Å²) in [6.45, 7) is 0.542. The fraction of sp³-hybridized carbons (Fsp3) is 0.333. The fourth-order valence-corrected chi connectivity index (χ4v) is 3.05. The molecule has 1 unspecified atom stereocenters. The van der Waals surface area contributed by atoms with Gasteiger partial charge in [-0.1, -0.05) is 30.3 Å². The monoisotopic (exact) mass is 387 g/mol. The molecule has 2 rings (SSSR count). The second-order valence-electron chi connectivity index (χ2n) is 5.92. The van der Waals surface area contributed by atoms with E-state index in [0.29, 0.717) is 18.7 Å². The maximum absolute atomic E-state index is 12.7. The van der Waals surface area contributed by atoms with E-state index in [9.17, 15) is 13.2 Å². The number of alkyl halides is 3. The molecule has 0 aromatic heterocycles. The van der Waals surface area contributed by atoms with E-state index in [2.05, 4.69) is 0 Å². The molecule has 0 saturated carbocycles. The molecule has 0 radical (unpaired) electrons. The highest BCUT2D eigenvalue weighted by molar-refractivity contribution is 7.44. The number of nitrogens with zero attached hydrogens (tertiary/aromatic N) is 1. The van der Waals surface area contributed by atoms with E-state index in [1.54, 1.807) is 11.9 Å². The minimum Gasteiger partial charge on any atom is -0.486 e. The van der Waals surface area contributed by atoms with Crippen LogP contribution in [0.2, 0.25) is 0 Å². The Bertz CT molecular complexity index is 666. The lowest BCUT2D eigenvalue weighted by Crippen LogP contribution is -2.23. The van der Waals surface area contributed by atoms with Gasteiger partial charge in [0.15, 0.2) is 8.38 Å². The number of rotatable bonds is 8. The third kappa shape index (κ3) is 6.57. The molecule has 2 N–H and O–H groups in total. The second-order valence-corrected chi connectivity index (χ2v) is 6.95. The maximum Gasteiger partial charge on any atom is 0.416 e. The summed E-state index contributed by atoms with van der Waals surface area (Å²) in [6.07, 6.45) is -4.03. The van der Waals surface area contributed by atoms with Gasteiger partial charge in [0.05, 0.1) is 11.8 Å². The summed E-state index contributed by atoms with van der Waals surface area (Å²) in [4.78, 5) is 20.0. The Kier molecular flexibility index (Phi) is 7.41. The first kappa shape index (κ1) is 20.6. The van der Waals surface area contributed by atoms with Crippen molar-refractivity contribution in [3.05, 3.63) is 65.7 Å². The minimum atomic E-state index is -4.38. The number of benzene rings is 2. The van der Waals surface area contributed by atoms with Crippen LogP contribution < -0.4 is 4.74 Å². The van der Waals surface area contributed by atoms with E-state index in [1.165, 1.54) is 12.1 Å². The fourth-order valence-electron chi connectivity index (χ4n) is 2.47. The molecule has 2 aromatic rings. The molecule has 142 valence electrons. The van der Waals surface area contributed by atoms with Gasteiger partial charge in [-0.15, -0.1) is 0 Å². The maximum atomic E-state index is 12.7. The van der Waals surface area contributed by atoms with Gasteiger partial charge in [-0.3, -0.25) is 4.90 Å². The second kappa shape index (κ2) is 9.33. The number of hydrogen-bond donors (Lipinski definition) is 2. The Morgan fingerprint density at radius 2 is 1.65 bits per heavy atom. The summed E-state index contributed by atoms with van der Waals surface area (Å²) in [5.74, 6) is 0.348. The molecule has 0 amide bonds. The first-order chi connectivity index (χ1) is 12.3. The zero-order chi connectivity index (χ0) is 19.2. The SMILES string of the molecule is CN(CCC(Oc1ccc(C(F)(F)F)cc1)c1ccccc1)CP(O)O. The third-order valence-electron chi connectivity index (χ3n) is 3.77. The van der Waals surface area contributed by atoms with Crippen LogP contribution in [0.5, 0.6) is 5.75 Å². The Morgan fingerprint density at radius 1 is 1.04 bits per heavy atom. The molecule has 0 aliphatic carbocycles.